The quantitative estimate of drug-likeness (QED) is 0.297. The summed E-state index contributed by atoms with van der Waals surface area (Å²) in [4.78, 5) is 36.5. The molecule has 14 heteroatoms. The minimum absolute atomic E-state index is 0.0754. The minimum Gasteiger partial charge on any atom is -0.507 e. The fraction of sp³-hybridized carbons (Fsp3) is 0.136. The summed E-state index contributed by atoms with van der Waals surface area (Å²) in [5.74, 6) is -2.09. The summed E-state index contributed by atoms with van der Waals surface area (Å²) >= 11 is 11.3. The first-order valence-electron chi connectivity index (χ1n) is 9.85. The van der Waals surface area contributed by atoms with Gasteiger partial charge in [-0.05, 0) is 36.0 Å². The number of ether oxygens (including phenoxy) is 3. The minimum atomic E-state index is -1.32. The lowest BCUT2D eigenvalue weighted by molar-refractivity contribution is -0.123. The number of aromatic carboxylic acids is 1. The predicted octanol–water partition coefficient (Wildman–Crippen LogP) is 2.79. The third-order valence-corrected chi connectivity index (χ3v) is 6.26. The van der Waals surface area contributed by atoms with Gasteiger partial charge in [-0.15, -0.1) is 0 Å². The second-order valence-electron chi connectivity index (χ2n) is 6.91. The first kappa shape index (κ1) is 26.7. The van der Waals surface area contributed by atoms with Gasteiger partial charge in [0.05, 0.1) is 26.2 Å². The van der Waals surface area contributed by atoms with E-state index < -0.39 is 23.5 Å². The molecule has 2 aromatic carbocycles. The highest BCUT2D eigenvalue weighted by atomic mass is 32.2. The molecule has 1 saturated heterocycles. The Morgan fingerprint density at radius 1 is 1.08 bits per heavy atom. The van der Waals surface area contributed by atoms with Crippen molar-refractivity contribution in [3.05, 3.63) is 46.4 Å². The number of hydrogen-bond acceptors (Lipinski definition) is 10. The lowest BCUT2D eigenvalue weighted by atomic mass is 10.1. The number of amides is 2. The van der Waals surface area contributed by atoms with Crippen LogP contribution in [0.4, 0.5) is 5.69 Å². The van der Waals surface area contributed by atoms with Gasteiger partial charge in [0.2, 0.25) is 5.75 Å². The predicted molar refractivity (Wildman–Crippen MR) is 141 cm³/mol. The first-order valence-corrected chi connectivity index (χ1v) is 11.5. The van der Waals surface area contributed by atoms with Crippen LogP contribution in [0.25, 0.3) is 6.08 Å². The van der Waals surface area contributed by atoms with Gasteiger partial charge in [-0.3, -0.25) is 15.0 Å². The van der Waals surface area contributed by atoms with Gasteiger partial charge in [-0.25, -0.2) is 4.79 Å². The van der Waals surface area contributed by atoms with Crippen LogP contribution in [0.2, 0.25) is 0 Å². The van der Waals surface area contributed by atoms with E-state index in [1.165, 1.54) is 57.7 Å². The molecule has 0 bridgehead atoms. The fourth-order valence-corrected chi connectivity index (χ4v) is 4.35. The Morgan fingerprint density at radius 2 is 1.72 bits per heavy atom. The Morgan fingerprint density at radius 3 is 2.28 bits per heavy atom. The Balaban J connectivity index is 1.74. The number of carboxylic acids is 1. The van der Waals surface area contributed by atoms with Crippen molar-refractivity contribution in [3.8, 4) is 23.0 Å². The van der Waals surface area contributed by atoms with Crippen molar-refractivity contribution >= 4 is 75.1 Å². The molecule has 3 rings (SSSR count). The Hall–Kier alpha value is -3.88. The second kappa shape index (κ2) is 11.2. The number of phenols is 1. The molecular formula is C22H19N3O8S3. The molecule has 0 aliphatic carbocycles. The molecule has 0 spiro atoms. The number of benzene rings is 2. The van der Waals surface area contributed by atoms with Crippen molar-refractivity contribution < 1.29 is 38.8 Å². The van der Waals surface area contributed by atoms with Crippen molar-refractivity contribution in [2.75, 3.05) is 26.6 Å². The normalized spacial score (nSPS) is 14.0. The van der Waals surface area contributed by atoms with E-state index in [1.807, 2.05) is 0 Å². The first-order chi connectivity index (χ1) is 17.1. The third kappa shape index (κ3) is 5.67. The lowest BCUT2D eigenvalue weighted by Gasteiger charge is -2.18. The number of thioether (sulfide) groups is 1. The molecule has 0 radical (unpaired) electrons. The SMILES string of the molecule is COc1cc(NC(=O)C(=S)NN2C(=O)/C(=C\c3ccc(O)c(C(=O)O)c3)SC2=S)cc(OC)c1OC. The number of nitrogens with zero attached hydrogens (tertiary/aromatic N) is 1. The monoisotopic (exact) mass is 549 g/mol. The van der Waals surface area contributed by atoms with Crippen LogP contribution in [0.3, 0.4) is 0 Å². The average molecular weight is 550 g/mol. The van der Waals surface area contributed by atoms with E-state index in [0.717, 1.165) is 16.8 Å². The van der Waals surface area contributed by atoms with Gasteiger partial charge in [-0.2, -0.15) is 5.01 Å². The van der Waals surface area contributed by atoms with Crippen molar-refractivity contribution in [2.24, 2.45) is 0 Å². The number of rotatable bonds is 7. The molecule has 4 N–H and O–H groups in total. The van der Waals surface area contributed by atoms with Crippen molar-refractivity contribution in [1.82, 2.24) is 10.4 Å². The number of hydrazine groups is 1. The van der Waals surface area contributed by atoms with Gasteiger partial charge in [0.25, 0.3) is 11.8 Å². The smallest absolute Gasteiger partial charge is 0.339 e. The van der Waals surface area contributed by atoms with Crippen LogP contribution in [0.15, 0.2) is 35.2 Å². The van der Waals surface area contributed by atoms with Crippen LogP contribution in [0.1, 0.15) is 15.9 Å². The largest absolute Gasteiger partial charge is 0.507 e. The molecule has 2 amide bonds. The molecule has 36 heavy (non-hydrogen) atoms. The molecule has 11 nitrogen and oxygen atoms in total. The van der Waals surface area contributed by atoms with Gasteiger partial charge < -0.3 is 29.7 Å². The number of thiocarbonyl (C=S) groups is 2. The van der Waals surface area contributed by atoms with Gasteiger partial charge in [0.15, 0.2) is 20.8 Å². The molecule has 1 fully saturated rings. The number of hydrogen-bond donors (Lipinski definition) is 4. The average Bonchev–Trinajstić information content (AvgIpc) is 3.11. The highest BCUT2D eigenvalue weighted by Crippen LogP contribution is 2.40. The lowest BCUT2D eigenvalue weighted by Crippen LogP contribution is -2.48. The molecule has 2 aromatic rings. The number of anilines is 1. The molecule has 0 atom stereocenters. The molecule has 1 heterocycles. The van der Waals surface area contributed by atoms with E-state index in [2.05, 4.69) is 10.7 Å². The second-order valence-corrected chi connectivity index (χ2v) is 8.99. The van der Waals surface area contributed by atoms with E-state index in [9.17, 15) is 19.5 Å². The maximum Gasteiger partial charge on any atom is 0.339 e. The summed E-state index contributed by atoms with van der Waals surface area (Å²) in [6.07, 6.45) is 1.41. The van der Waals surface area contributed by atoms with Gasteiger partial charge in [0.1, 0.15) is 11.3 Å². The molecule has 1 aliphatic rings. The Bertz CT molecular complexity index is 1290. The van der Waals surface area contributed by atoms with E-state index >= 15 is 0 Å². The number of carbonyl (C=O) groups excluding carboxylic acids is 2. The molecular weight excluding hydrogens is 530 g/mol. The number of methoxy groups -OCH3 is 3. The highest BCUT2D eigenvalue weighted by molar-refractivity contribution is 8.26. The van der Waals surface area contributed by atoms with E-state index in [4.69, 9.17) is 43.8 Å². The Labute approximate surface area is 220 Å². The summed E-state index contributed by atoms with van der Waals surface area (Å²) in [5, 5.41) is 22.3. The van der Waals surface area contributed by atoms with Crippen LogP contribution >= 0.6 is 36.2 Å². The number of carbonyl (C=O) groups is 3. The summed E-state index contributed by atoms with van der Waals surface area (Å²) < 4.78 is 15.8. The van der Waals surface area contributed by atoms with Crippen LogP contribution in [0, 0.1) is 0 Å². The van der Waals surface area contributed by atoms with Crippen molar-refractivity contribution in [3.63, 3.8) is 0 Å². The Kier molecular flexibility index (Phi) is 8.34. The van der Waals surface area contributed by atoms with Gasteiger partial charge in [-0.1, -0.05) is 30.0 Å². The standard InChI is InChI=1S/C22H19N3O8S3/c1-31-14-8-11(9-15(32-2)17(14)33-3)23-18(27)19(34)24-25-20(28)16(36-22(25)35)7-10-4-5-13(26)12(6-10)21(29)30/h4-9,26H,1-3H3,(H,23,27)(H,24,34)(H,29,30)/b16-7+. The summed E-state index contributed by atoms with van der Waals surface area (Å²) in [6, 6.07) is 6.88. The van der Waals surface area contributed by atoms with E-state index in [1.54, 1.807) is 0 Å². The van der Waals surface area contributed by atoms with E-state index in [0.29, 0.717) is 28.5 Å². The van der Waals surface area contributed by atoms with Crippen molar-refractivity contribution in [2.45, 2.75) is 0 Å². The zero-order valence-corrected chi connectivity index (χ0v) is 21.4. The van der Waals surface area contributed by atoms with Crippen LogP contribution in [0.5, 0.6) is 23.0 Å². The third-order valence-electron chi connectivity index (χ3n) is 4.68. The summed E-state index contributed by atoms with van der Waals surface area (Å²) in [6.45, 7) is 0. The summed E-state index contributed by atoms with van der Waals surface area (Å²) in [7, 11) is 4.30. The van der Waals surface area contributed by atoms with Gasteiger partial charge in [0, 0.05) is 17.8 Å². The maximum atomic E-state index is 12.8. The molecule has 188 valence electrons. The topological polar surface area (TPSA) is 147 Å². The van der Waals surface area contributed by atoms with Crippen molar-refractivity contribution in [1.29, 1.82) is 0 Å². The van der Waals surface area contributed by atoms with Crippen LogP contribution in [-0.4, -0.2) is 63.6 Å². The van der Waals surface area contributed by atoms with E-state index in [-0.39, 0.29) is 19.8 Å². The fourth-order valence-electron chi connectivity index (χ4n) is 3.02. The number of carboxylic acid groups (broad SMARTS) is 1. The molecule has 0 saturated carbocycles. The number of nitrogens with one attached hydrogen (secondary N) is 2. The molecule has 0 aromatic heterocycles. The zero-order valence-electron chi connectivity index (χ0n) is 19.0. The highest BCUT2D eigenvalue weighted by Gasteiger charge is 2.34. The molecule has 1 aliphatic heterocycles. The summed E-state index contributed by atoms with van der Waals surface area (Å²) in [5.41, 5.74) is 2.85. The number of aromatic hydroxyl groups is 1. The zero-order chi connectivity index (χ0) is 26.6. The maximum absolute atomic E-state index is 12.8. The molecule has 0 unspecified atom stereocenters. The van der Waals surface area contributed by atoms with Crippen LogP contribution < -0.4 is 25.0 Å². The van der Waals surface area contributed by atoms with Gasteiger partial charge >= 0.3 is 5.97 Å². The van der Waals surface area contributed by atoms with Crippen LogP contribution in [-0.2, 0) is 9.59 Å².